The second-order valence-electron chi connectivity index (χ2n) is 6.07. The van der Waals surface area contributed by atoms with E-state index in [1.54, 1.807) is 6.20 Å². The molecule has 1 aromatic carbocycles. The standard InChI is InChI=1S/C18H25N5/c1-3-13-8-7-9-14(4-2)17(13)22-18-21-16(12-19-23-18)20-15-10-5-6-11-15/h7-9,12,15H,3-6,10-11H2,1-2H3,(H2,20,21,22,23). The fourth-order valence-corrected chi connectivity index (χ4v) is 3.22. The van der Waals surface area contributed by atoms with E-state index in [0.717, 1.165) is 24.3 Å². The number of nitrogens with one attached hydrogen (secondary N) is 2. The lowest BCUT2D eigenvalue weighted by molar-refractivity contribution is 0.747. The molecule has 3 rings (SSSR count). The maximum atomic E-state index is 4.59. The fraction of sp³-hybridized carbons (Fsp3) is 0.500. The average Bonchev–Trinajstić information content (AvgIpc) is 3.08. The number of aryl methyl sites for hydroxylation is 2. The second kappa shape index (κ2) is 7.40. The predicted molar refractivity (Wildman–Crippen MR) is 94.2 cm³/mol. The monoisotopic (exact) mass is 311 g/mol. The van der Waals surface area contributed by atoms with Crippen molar-refractivity contribution in [1.82, 2.24) is 15.2 Å². The van der Waals surface area contributed by atoms with Gasteiger partial charge in [-0.25, -0.2) is 0 Å². The van der Waals surface area contributed by atoms with E-state index in [2.05, 4.69) is 57.9 Å². The summed E-state index contributed by atoms with van der Waals surface area (Å²) in [6.45, 7) is 4.33. The molecule has 1 saturated carbocycles. The van der Waals surface area contributed by atoms with Gasteiger partial charge in [0, 0.05) is 11.7 Å². The van der Waals surface area contributed by atoms with Crippen LogP contribution in [0.1, 0.15) is 50.7 Å². The van der Waals surface area contributed by atoms with Crippen LogP contribution in [0.5, 0.6) is 0 Å². The highest BCUT2D eigenvalue weighted by Gasteiger charge is 2.15. The van der Waals surface area contributed by atoms with Crippen molar-refractivity contribution in [2.75, 3.05) is 10.6 Å². The first-order valence-electron chi connectivity index (χ1n) is 8.64. The van der Waals surface area contributed by atoms with Crippen LogP contribution in [0.2, 0.25) is 0 Å². The van der Waals surface area contributed by atoms with Crippen molar-refractivity contribution in [3.63, 3.8) is 0 Å². The number of hydrogen-bond donors (Lipinski definition) is 2. The summed E-state index contributed by atoms with van der Waals surface area (Å²) in [6.07, 6.45) is 8.68. The normalized spacial score (nSPS) is 14.9. The van der Waals surface area contributed by atoms with Crippen molar-refractivity contribution in [1.29, 1.82) is 0 Å². The van der Waals surface area contributed by atoms with Gasteiger partial charge in [-0.2, -0.15) is 10.1 Å². The van der Waals surface area contributed by atoms with Crippen molar-refractivity contribution < 1.29 is 0 Å². The first kappa shape index (κ1) is 15.7. The third-order valence-electron chi connectivity index (χ3n) is 4.50. The SMILES string of the molecule is CCc1cccc(CC)c1Nc1nncc(NC2CCCC2)n1. The van der Waals surface area contributed by atoms with Gasteiger partial charge in [0.2, 0.25) is 5.95 Å². The van der Waals surface area contributed by atoms with Crippen LogP contribution in [-0.2, 0) is 12.8 Å². The minimum Gasteiger partial charge on any atom is -0.366 e. The zero-order chi connectivity index (χ0) is 16.1. The lowest BCUT2D eigenvalue weighted by Gasteiger charge is -2.15. The van der Waals surface area contributed by atoms with Crippen LogP contribution in [0.4, 0.5) is 17.5 Å². The summed E-state index contributed by atoms with van der Waals surface area (Å²) >= 11 is 0. The van der Waals surface area contributed by atoms with Gasteiger partial charge in [-0.05, 0) is 36.8 Å². The lowest BCUT2D eigenvalue weighted by atomic mass is 10.0. The molecule has 0 bridgehead atoms. The van der Waals surface area contributed by atoms with Crippen molar-refractivity contribution in [2.45, 2.75) is 58.4 Å². The van der Waals surface area contributed by atoms with Crippen LogP contribution in [0.3, 0.4) is 0 Å². The van der Waals surface area contributed by atoms with Crippen LogP contribution in [0, 0.1) is 0 Å². The summed E-state index contributed by atoms with van der Waals surface area (Å²) in [5, 5.41) is 15.1. The molecule has 0 aliphatic heterocycles. The van der Waals surface area contributed by atoms with Gasteiger partial charge in [-0.15, -0.1) is 5.10 Å². The predicted octanol–water partition coefficient (Wildman–Crippen LogP) is 4.09. The quantitative estimate of drug-likeness (QED) is 0.841. The Bertz CT molecular complexity index is 627. The lowest BCUT2D eigenvalue weighted by Crippen LogP contribution is -2.16. The minimum absolute atomic E-state index is 0.522. The summed E-state index contributed by atoms with van der Waals surface area (Å²) in [4.78, 5) is 4.59. The number of para-hydroxylation sites is 1. The molecule has 0 spiro atoms. The smallest absolute Gasteiger partial charge is 0.249 e. The van der Waals surface area contributed by atoms with Gasteiger partial charge >= 0.3 is 0 Å². The Balaban J connectivity index is 1.80. The molecule has 1 aromatic heterocycles. The number of anilines is 3. The molecular weight excluding hydrogens is 286 g/mol. The molecule has 2 aromatic rings. The van der Waals surface area contributed by atoms with E-state index in [-0.39, 0.29) is 0 Å². The van der Waals surface area contributed by atoms with Gasteiger partial charge in [0.15, 0.2) is 5.82 Å². The Labute approximate surface area is 137 Å². The average molecular weight is 311 g/mol. The van der Waals surface area contributed by atoms with Crippen LogP contribution >= 0.6 is 0 Å². The van der Waals surface area contributed by atoms with Crippen molar-refractivity contribution >= 4 is 17.5 Å². The molecule has 0 saturated heterocycles. The van der Waals surface area contributed by atoms with Crippen molar-refractivity contribution in [2.24, 2.45) is 0 Å². The Morgan fingerprint density at radius 1 is 1.09 bits per heavy atom. The van der Waals surface area contributed by atoms with Crippen molar-refractivity contribution in [3.05, 3.63) is 35.5 Å². The van der Waals surface area contributed by atoms with Crippen LogP contribution < -0.4 is 10.6 Å². The van der Waals surface area contributed by atoms with E-state index in [1.807, 2.05) is 0 Å². The maximum absolute atomic E-state index is 4.59. The molecule has 5 heteroatoms. The van der Waals surface area contributed by atoms with Gasteiger partial charge in [0.25, 0.3) is 0 Å². The summed E-state index contributed by atoms with van der Waals surface area (Å²) in [5.74, 6) is 1.37. The van der Waals surface area contributed by atoms with Crippen LogP contribution in [0.25, 0.3) is 0 Å². The van der Waals surface area contributed by atoms with Gasteiger partial charge in [0.1, 0.15) is 0 Å². The van der Waals surface area contributed by atoms with E-state index in [1.165, 1.54) is 36.8 Å². The minimum atomic E-state index is 0.522. The fourth-order valence-electron chi connectivity index (χ4n) is 3.22. The molecule has 1 heterocycles. The van der Waals surface area contributed by atoms with E-state index in [9.17, 15) is 0 Å². The Morgan fingerprint density at radius 3 is 2.43 bits per heavy atom. The van der Waals surface area contributed by atoms with Gasteiger partial charge in [-0.3, -0.25) is 0 Å². The zero-order valence-electron chi connectivity index (χ0n) is 14.0. The summed E-state index contributed by atoms with van der Waals surface area (Å²) < 4.78 is 0. The third kappa shape index (κ3) is 3.78. The van der Waals surface area contributed by atoms with E-state index in [4.69, 9.17) is 0 Å². The van der Waals surface area contributed by atoms with Crippen LogP contribution in [0.15, 0.2) is 24.4 Å². The third-order valence-corrected chi connectivity index (χ3v) is 4.50. The topological polar surface area (TPSA) is 62.7 Å². The molecule has 0 atom stereocenters. The number of benzene rings is 1. The molecule has 2 N–H and O–H groups in total. The molecule has 122 valence electrons. The molecule has 1 aliphatic carbocycles. The molecule has 1 aliphatic rings. The molecule has 0 radical (unpaired) electrons. The van der Waals surface area contributed by atoms with Gasteiger partial charge in [0.05, 0.1) is 6.20 Å². The largest absolute Gasteiger partial charge is 0.366 e. The maximum Gasteiger partial charge on any atom is 0.249 e. The summed E-state index contributed by atoms with van der Waals surface area (Å²) in [6, 6.07) is 6.93. The summed E-state index contributed by atoms with van der Waals surface area (Å²) in [7, 11) is 0. The molecule has 5 nitrogen and oxygen atoms in total. The van der Waals surface area contributed by atoms with Crippen molar-refractivity contribution in [3.8, 4) is 0 Å². The molecule has 0 amide bonds. The molecule has 0 unspecified atom stereocenters. The van der Waals surface area contributed by atoms with E-state index >= 15 is 0 Å². The number of aromatic nitrogens is 3. The highest BCUT2D eigenvalue weighted by atomic mass is 15.3. The number of rotatable bonds is 6. The van der Waals surface area contributed by atoms with Crippen LogP contribution in [-0.4, -0.2) is 21.2 Å². The first-order valence-corrected chi connectivity index (χ1v) is 8.64. The Hall–Kier alpha value is -2.17. The number of hydrogen-bond acceptors (Lipinski definition) is 5. The summed E-state index contributed by atoms with van der Waals surface area (Å²) in [5.41, 5.74) is 3.68. The van der Waals surface area contributed by atoms with Gasteiger partial charge < -0.3 is 10.6 Å². The number of nitrogens with zero attached hydrogens (tertiary/aromatic N) is 3. The Morgan fingerprint density at radius 2 is 1.78 bits per heavy atom. The first-order chi connectivity index (χ1) is 11.3. The van der Waals surface area contributed by atoms with Gasteiger partial charge in [-0.1, -0.05) is 44.9 Å². The molecule has 1 fully saturated rings. The highest BCUT2D eigenvalue weighted by Crippen LogP contribution is 2.26. The van der Waals surface area contributed by atoms with E-state index < -0.39 is 0 Å². The van der Waals surface area contributed by atoms with E-state index in [0.29, 0.717) is 12.0 Å². The molecular formula is C18H25N5. The highest BCUT2D eigenvalue weighted by molar-refractivity contribution is 5.64. The molecule has 23 heavy (non-hydrogen) atoms. The zero-order valence-corrected chi connectivity index (χ0v) is 14.0. The second-order valence-corrected chi connectivity index (χ2v) is 6.07. The Kier molecular flexibility index (Phi) is 5.05.